The first-order chi connectivity index (χ1) is 16.6. The molecule has 0 saturated carbocycles. The predicted octanol–water partition coefficient (Wildman–Crippen LogP) is 6.32. The van der Waals surface area contributed by atoms with Crippen molar-refractivity contribution in [3.8, 4) is 0 Å². The fraction of sp³-hybridized carbons (Fsp3) is 0.0909. The molecule has 0 aromatic heterocycles. The molecule has 0 aliphatic carbocycles. The lowest BCUT2D eigenvalue weighted by Gasteiger charge is -2.24. The number of aryl methyl sites for hydroxylation is 3. The van der Waals surface area contributed by atoms with E-state index in [-0.39, 0.29) is 0 Å². The first-order valence-electron chi connectivity index (χ1n) is 12.1. The summed E-state index contributed by atoms with van der Waals surface area (Å²) < 4.78 is 0. The minimum absolute atomic E-state index is 1.34. The van der Waals surface area contributed by atoms with Crippen molar-refractivity contribution in [2.24, 2.45) is 0 Å². The zero-order valence-corrected chi connectivity index (χ0v) is 21.1. The molecular weight excluding hydrogens is 424 g/mol. The molecule has 0 radical (unpaired) electrons. The molecule has 6 aromatic carbocycles. The summed E-state index contributed by atoms with van der Waals surface area (Å²) in [6, 6.07) is 41.1. The van der Waals surface area contributed by atoms with Gasteiger partial charge in [-0.3, -0.25) is 0 Å². The van der Waals surface area contributed by atoms with Gasteiger partial charge in [0.25, 0.3) is 0 Å². The minimum Gasteiger partial charge on any atom is -0.0616 e. The third kappa shape index (κ3) is 3.28. The average Bonchev–Trinajstić information content (AvgIpc) is 2.88. The van der Waals surface area contributed by atoms with Crippen LogP contribution in [0.15, 0.2) is 109 Å². The monoisotopic (exact) mass is 452 g/mol. The van der Waals surface area contributed by atoms with Gasteiger partial charge in [0.15, 0.2) is 0 Å². The van der Waals surface area contributed by atoms with Crippen LogP contribution < -0.4 is 15.6 Å². The van der Waals surface area contributed by atoms with Crippen molar-refractivity contribution < 1.29 is 0 Å². The lowest BCUT2D eigenvalue weighted by atomic mass is 10.1. The first-order valence-corrected chi connectivity index (χ1v) is 13.8. The molecule has 0 N–H and O–H groups in total. The maximum atomic E-state index is 2.41. The molecule has 34 heavy (non-hydrogen) atoms. The molecular formula is C33H28Si. The third-order valence-corrected chi connectivity index (χ3v) is 10.8. The molecule has 0 nitrogen and oxygen atoms in total. The van der Waals surface area contributed by atoms with E-state index in [1.165, 1.54) is 64.6 Å². The Morgan fingerprint density at radius 3 is 0.882 bits per heavy atom. The normalized spacial score (nSPS) is 11.6. The van der Waals surface area contributed by atoms with Crippen molar-refractivity contribution in [1.29, 1.82) is 0 Å². The highest BCUT2D eigenvalue weighted by atomic mass is 28.3. The number of fused-ring (bicyclic) bond motifs is 3. The molecule has 0 aliphatic rings. The standard InChI is InChI=1S/C33H28Si/c1-22-16-19-31(28-13-7-4-10-25(22)28)34(32-20-17-23(2)26-11-5-8-14-29(26)32)33-21-18-24(3)27-12-6-9-15-30(27)33/h4-21,34H,1-3H3. The second-order valence-corrected chi connectivity index (χ2v) is 12.2. The summed E-state index contributed by atoms with van der Waals surface area (Å²) in [6.07, 6.45) is 0. The molecule has 0 spiro atoms. The Bertz CT molecular complexity index is 1490. The number of benzene rings is 6. The predicted molar refractivity (Wildman–Crippen MR) is 152 cm³/mol. The topological polar surface area (TPSA) is 0 Å². The Hall–Kier alpha value is -3.68. The van der Waals surface area contributed by atoms with Crippen LogP contribution in [-0.2, 0) is 0 Å². The summed E-state index contributed by atoms with van der Waals surface area (Å²) in [5, 5.41) is 12.8. The quantitative estimate of drug-likeness (QED) is 0.218. The molecule has 0 amide bonds. The van der Waals surface area contributed by atoms with Gasteiger partial charge in [0.1, 0.15) is 8.80 Å². The zero-order chi connectivity index (χ0) is 23.2. The summed E-state index contributed by atoms with van der Waals surface area (Å²) in [4.78, 5) is 0. The van der Waals surface area contributed by atoms with Crippen LogP contribution in [-0.4, -0.2) is 8.80 Å². The van der Waals surface area contributed by atoms with Crippen LogP contribution in [0.4, 0.5) is 0 Å². The minimum atomic E-state index is -1.82. The maximum Gasteiger partial charge on any atom is 0.135 e. The second kappa shape index (κ2) is 8.27. The van der Waals surface area contributed by atoms with Gasteiger partial charge >= 0.3 is 0 Å². The Balaban J connectivity index is 1.77. The molecule has 0 fully saturated rings. The SMILES string of the molecule is Cc1ccc([SiH](c2ccc(C)c3ccccc23)c2ccc(C)c3ccccc23)c2ccccc12. The fourth-order valence-corrected chi connectivity index (χ4v) is 9.24. The molecule has 0 aliphatic heterocycles. The van der Waals surface area contributed by atoms with E-state index in [9.17, 15) is 0 Å². The van der Waals surface area contributed by atoms with Crippen molar-refractivity contribution in [3.63, 3.8) is 0 Å². The first kappa shape index (κ1) is 20.9. The van der Waals surface area contributed by atoms with Crippen molar-refractivity contribution in [2.75, 3.05) is 0 Å². The van der Waals surface area contributed by atoms with Gasteiger partial charge in [0.2, 0.25) is 0 Å². The Morgan fingerprint density at radius 2 is 0.588 bits per heavy atom. The lowest BCUT2D eigenvalue weighted by molar-refractivity contribution is 1.53. The van der Waals surface area contributed by atoms with E-state index in [0.717, 1.165) is 0 Å². The van der Waals surface area contributed by atoms with Gasteiger partial charge in [-0.05, 0) is 85.3 Å². The summed E-state index contributed by atoms with van der Waals surface area (Å²) in [6.45, 7) is 6.68. The zero-order valence-electron chi connectivity index (χ0n) is 20.0. The highest BCUT2D eigenvalue weighted by Gasteiger charge is 2.25. The largest absolute Gasteiger partial charge is 0.135 e. The van der Waals surface area contributed by atoms with Gasteiger partial charge in [-0.15, -0.1) is 0 Å². The summed E-state index contributed by atoms with van der Waals surface area (Å²) in [5.74, 6) is 0. The van der Waals surface area contributed by atoms with E-state index in [0.29, 0.717) is 0 Å². The molecule has 6 aromatic rings. The van der Waals surface area contributed by atoms with E-state index < -0.39 is 8.80 Å². The number of rotatable bonds is 3. The van der Waals surface area contributed by atoms with Crippen LogP contribution >= 0.6 is 0 Å². The van der Waals surface area contributed by atoms with Gasteiger partial charge < -0.3 is 0 Å². The second-order valence-electron chi connectivity index (χ2n) is 9.48. The third-order valence-electron chi connectivity index (χ3n) is 7.46. The van der Waals surface area contributed by atoms with Crippen molar-refractivity contribution in [1.82, 2.24) is 0 Å². The van der Waals surface area contributed by atoms with Crippen LogP contribution in [0.5, 0.6) is 0 Å². The van der Waals surface area contributed by atoms with Gasteiger partial charge in [-0.1, -0.05) is 109 Å². The van der Waals surface area contributed by atoms with E-state index >= 15 is 0 Å². The highest BCUT2D eigenvalue weighted by molar-refractivity contribution is 6.99. The van der Waals surface area contributed by atoms with Gasteiger partial charge in [-0.2, -0.15) is 0 Å². The molecule has 0 heterocycles. The average molecular weight is 453 g/mol. The molecule has 1 heteroatoms. The Kier molecular flexibility index (Phi) is 5.08. The summed E-state index contributed by atoms with van der Waals surface area (Å²) in [5.41, 5.74) is 4.03. The molecule has 0 bridgehead atoms. The van der Waals surface area contributed by atoms with Gasteiger partial charge in [0.05, 0.1) is 0 Å². The molecule has 0 saturated heterocycles. The van der Waals surface area contributed by atoms with Gasteiger partial charge in [0, 0.05) is 0 Å². The van der Waals surface area contributed by atoms with E-state index in [4.69, 9.17) is 0 Å². The lowest BCUT2D eigenvalue weighted by Crippen LogP contribution is -2.53. The summed E-state index contributed by atoms with van der Waals surface area (Å²) >= 11 is 0. The Morgan fingerprint density at radius 1 is 0.324 bits per heavy atom. The maximum absolute atomic E-state index is 2.41. The van der Waals surface area contributed by atoms with E-state index in [1.807, 2.05) is 0 Å². The van der Waals surface area contributed by atoms with Crippen LogP contribution in [0.2, 0.25) is 0 Å². The smallest absolute Gasteiger partial charge is 0.0616 e. The van der Waals surface area contributed by atoms with Crippen molar-refractivity contribution in [2.45, 2.75) is 20.8 Å². The van der Waals surface area contributed by atoms with Crippen molar-refractivity contribution >= 4 is 56.7 Å². The van der Waals surface area contributed by atoms with Crippen LogP contribution in [0, 0.1) is 20.8 Å². The number of hydrogen-bond acceptors (Lipinski definition) is 0. The number of hydrogen-bond donors (Lipinski definition) is 0. The summed E-state index contributed by atoms with van der Waals surface area (Å²) in [7, 11) is -1.82. The fourth-order valence-electron chi connectivity index (χ4n) is 5.68. The van der Waals surface area contributed by atoms with Gasteiger partial charge in [-0.25, -0.2) is 0 Å². The van der Waals surface area contributed by atoms with Crippen LogP contribution in [0.1, 0.15) is 16.7 Å². The van der Waals surface area contributed by atoms with E-state index in [2.05, 4.69) is 130 Å². The molecule has 0 unspecified atom stereocenters. The van der Waals surface area contributed by atoms with Crippen LogP contribution in [0.3, 0.4) is 0 Å². The highest BCUT2D eigenvalue weighted by Crippen LogP contribution is 2.23. The molecule has 6 rings (SSSR count). The molecule has 0 atom stereocenters. The van der Waals surface area contributed by atoms with Crippen LogP contribution in [0.25, 0.3) is 32.3 Å². The van der Waals surface area contributed by atoms with Crippen molar-refractivity contribution in [3.05, 3.63) is 126 Å². The van der Waals surface area contributed by atoms with E-state index in [1.54, 1.807) is 0 Å². The Labute approximate surface area is 203 Å². The molecule has 164 valence electrons.